The summed E-state index contributed by atoms with van der Waals surface area (Å²) in [5.74, 6) is -0.141. The average Bonchev–Trinajstić information content (AvgIpc) is 2.65. The van der Waals surface area contributed by atoms with Gasteiger partial charge in [0.05, 0.1) is 12.6 Å². The first-order valence-corrected chi connectivity index (χ1v) is 9.14. The Kier molecular flexibility index (Phi) is 7.13. The molecule has 2 rings (SSSR count). The first kappa shape index (κ1) is 20.6. The Morgan fingerprint density at radius 3 is 2.33 bits per heavy atom. The summed E-state index contributed by atoms with van der Waals surface area (Å²) in [6.45, 7) is 6.53. The fourth-order valence-electron chi connectivity index (χ4n) is 2.88. The van der Waals surface area contributed by atoms with Crippen LogP contribution in [0.2, 0.25) is 0 Å². The van der Waals surface area contributed by atoms with Crippen molar-refractivity contribution < 1.29 is 9.59 Å². The second-order valence-electron chi connectivity index (χ2n) is 7.07. The number of carbonyl (C=O) groups is 2. The normalized spacial score (nSPS) is 11.9. The fourth-order valence-corrected chi connectivity index (χ4v) is 2.88. The van der Waals surface area contributed by atoms with Crippen LogP contribution in [0.25, 0.3) is 0 Å². The second kappa shape index (κ2) is 9.33. The molecule has 0 fully saturated rings. The van der Waals surface area contributed by atoms with Crippen LogP contribution in [0, 0.1) is 13.8 Å². The molecule has 0 unspecified atom stereocenters. The molecule has 0 radical (unpaired) electrons. The molecule has 5 heteroatoms. The molecule has 1 N–H and O–H groups in total. The summed E-state index contributed by atoms with van der Waals surface area (Å²) in [6.07, 6.45) is 0. The van der Waals surface area contributed by atoms with Gasteiger partial charge in [0.15, 0.2) is 0 Å². The monoisotopic (exact) mass is 367 g/mol. The van der Waals surface area contributed by atoms with E-state index in [-0.39, 0.29) is 24.4 Å². The number of nitrogens with zero attached hydrogens (tertiary/aromatic N) is 2. The molecule has 144 valence electrons. The van der Waals surface area contributed by atoms with Crippen LogP contribution in [-0.2, 0) is 16.1 Å². The molecule has 0 aliphatic heterocycles. The Morgan fingerprint density at radius 1 is 1.00 bits per heavy atom. The number of benzene rings is 2. The number of likely N-dealkylation sites (N-methyl/N-ethyl adjacent to an activating group) is 2. The molecule has 27 heavy (non-hydrogen) atoms. The van der Waals surface area contributed by atoms with Crippen LogP contribution < -0.4 is 5.32 Å². The number of hydrogen-bond donors (Lipinski definition) is 1. The summed E-state index contributed by atoms with van der Waals surface area (Å²) in [5.41, 5.74) is 4.08. The molecule has 1 atom stereocenters. The molecule has 5 nitrogen and oxygen atoms in total. The summed E-state index contributed by atoms with van der Waals surface area (Å²) in [4.78, 5) is 28.5. The number of carbonyl (C=O) groups excluding carboxylic acids is 2. The Labute approximate surface area is 162 Å². The molecular formula is C22H29N3O2. The molecule has 0 saturated heterocycles. The first-order chi connectivity index (χ1) is 12.8. The lowest BCUT2D eigenvalue weighted by atomic mass is 10.1. The van der Waals surface area contributed by atoms with E-state index in [2.05, 4.69) is 5.32 Å². The van der Waals surface area contributed by atoms with Gasteiger partial charge in [0.2, 0.25) is 11.8 Å². The van der Waals surface area contributed by atoms with E-state index in [9.17, 15) is 9.59 Å². The lowest BCUT2D eigenvalue weighted by Gasteiger charge is -2.28. The number of anilines is 1. The molecule has 0 aromatic heterocycles. The van der Waals surface area contributed by atoms with E-state index in [0.29, 0.717) is 6.54 Å². The lowest BCUT2D eigenvalue weighted by molar-refractivity contribution is -0.135. The second-order valence-corrected chi connectivity index (χ2v) is 7.07. The van der Waals surface area contributed by atoms with Crippen LogP contribution in [0.5, 0.6) is 0 Å². The van der Waals surface area contributed by atoms with Crippen molar-refractivity contribution >= 4 is 17.5 Å². The van der Waals surface area contributed by atoms with E-state index in [4.69, 9.17) is 0 Å². The molecule has 0 aliphatic rings. The predicted molar refractivity (Wildman–Crippen MR) is 110 cm³/mol. The molecule has 0 saturated carbocycles. The molecular weight excluding hydrogens is 338 g/mol. The van der Waals surface area contributed by atoms with Crippen molar-refractivity contribution in [1.29, 1.82) is 0 Å². The number of amides is 2. The van der Waals surface area contributed by atoms with Gasteiger partial charge in [-0.25, -0.2) is 0 Å². The maximum absolute atomic E-state index is 12.7. The van der Waals surface area contributed by atoms with Gasteiger partial charge in [-0.2, -0.15) is 0 Å². The zero-order valence-corrected chi connectivity index (χ0v) is 16.8. The summed E-state index contributed by atoms with van der Waals surface area (Å²) < 4.78 is 0. The highest BCUT2D eigenvalue weighted by atomic mass is 16.2. The first-order valence-electron chi connectivity index (χ1n) is 9.14. The quantitative estimate of drug-likeness (QED) is 0.817. The summed E-state index contributed by atoms with van der Waals surface area (Å²) in [7, 11) is 3.58. The van der Waals surface area contributed by atoms with Crippen molar-refractivity contribution in [2.24, 2.45) is 0 Å². The molecule has 0 spiro atoms. The Balaban J connectivity index is 1.91. The van der Waals surface area contributed by atoms with Gasteiger partial charge in [-0.1, -0.05) is 42.5 Å². The van der Waals surface area contributed by atoms with Gasteiger partial charge in [0.1, 0.15) is 0 Å². The SMILES string of the molecule is Cc1cccc(NC(=O)CN(C)[C@H](C)C(=O)N(C)Cc2ccccc2)c1C. The van der Waals surface area contributed by atoms with Crippen molar-refractivity contribution in [1.82, 2.24) is 9.80 Å². The maximum atomic E-state index is 12.7. The molecule has 0 aliphatic carbocycles. The molecule has 0 heterocycles. The van der Waals surface area contributed by atoms with Crippen molar-refractivity contribution in [2.75, 3.05) is 26.0 Å². The standard InChI is InChI=1S/C22H29N3O2/c1-16-10-9-13-20(17(16)2)23-21(26)15-24(4)18(3)22(27)25(5)14-19-11-7-6-8-12-19/h6-13,18H,14-15H2,1-5H3,(H,23,26)/t18-/m1/s1. The Bertz CT molecular complexity index is 789. The fraction of sp³-hybridized carbons (Fsp3) is 0.364. The predicted octanol–water partition coefficient (Wildman–Crippen LogP) is 3.22. The smallest absolute Gasteiger partial charge is 0.239 e. The van der Waals surface area contributed by atoms with Crippen LogP contribution in [0.15, 0.2) is 48.5 Å². The lowest BCUT2D eigenvalue weighted by Crippen LogP contribution is -2.46. The highest BCUT2D eigenvalue weighted by molar-refractivity contribution is 5.93. The Hall–Kier alpha value is -2.66. The van der Waals surface area contributed by atoms with Crippen LogP contribution in [0.3, 0.4) is 0 Å². The number of nitrogens with one attached hydrogen (secondary N) is 1. The van der Waals surface area contributed by atoms with E-state index < -0.39 is 0 Å². The van der Waals surface area contributed by atoms with Gasteiger partial charge >= 0.3 is 0 Å². The van der Waals surface area contributed by atoms with E-state index in [1.807, 2.05) is 69.3 Å². The summed E-state index contributed by atoms with van der Waals surface area (Å²) >= 11 is 0. The zero-order chi connectivity index (χ0) is 20.0. The van der Waals surface area contributed by atoms with Crippen LogP contribution in [0.1, 0.15) is 23.6 Å². The van der Waals surface area contributed by atoms with E-state index >= 15 is 0 Å². The largest absolute Gasteiger partial charge is 0.340 e. The molecule has 2 amide bonds. The van der Waals surface area contributed by atoms with Crippen LogP contribution in [0.4, 0.5) is 5.69 Å². The van der Waals surface area contributed by atoms with Crippen molar-refractivity contribution in [3.8, 4) is 0 Å². The van der Waals surface area contributed by atoms with Crippen molar-refractivity contribution in [2.45, 2.75) is 33.4 Å². The van der Waals surface area contributed by atoms with Gasteiger partial charge < -0.3 is 10.2 Å². The Morgan fingerprint density at radius 2 is 1.67 bits per heavy atom. The van der Waals surface area contributed by atoms with Crippen LogP contribution >= 0.6 is 0 Å². The van der Waals surface area contributed by atoms with Gasteiger partial charge in [-0.3, -0.25) is 14.5 Å². The summed E-state index contributed by atoms with van der Waals surface area (Å²) in [5, 5.41) is 2.94. The molecule has 2 aromatic carbocycles. The minimum absolute atomic E-state index is 0.0131. The minimum atomic E-state index is -0.386. The van der Waals surface area contributed by atoms with Gasteiger partial charge in [0, 0.05) is 19.3 Å². The van der Waals surface area contributed by atoms with E-state index in [1.54, 1.807) is 23.9 Å². The molecule has 2 aromatic rings. The third-order valence-corrected chi connectivity index (χ3v) is 4.93. The van der Waals surface area contributed by atoms with Crippen molar-refractivity contribution in [3.05, 3.63) is 65.2 Å². The minimum Gasteiger partial charge on any atom is -0.340 e. The van der Waals surface area contributed by atoms with Gasteiger partial charge in [0.25, 0.3) is 0 Å². The summed E-state index contributed by atoms with van der Waals surface area (Å²) in [6, 6.07) is 15.3. The topological polar surface area (TPSA) is 52.7 Å². The highest BCUT2D eigenvalue weighted by Gasteiger charge is 2.23. The van der Waals surface area contributed by atoms with Crippen LogP contribution in [-0.4, -0.2) is 48.3 Å². The third-order valence-electron chi connectivity index (χ3n) is 4.93. The average molecular weight is 367 g/mol. The van der Waals surface area contributed by atoms with E-state index in [0.717, 1.165) is 22.4 Å². The van der Waals surface area contributed by atoms with E-state index in [1.165, 1.54) is 0 Å². The zero-order valence-electron chi connectivity index (χ0n) is 16.8. The maximum Gasteiger partial charge on any atom is 0.239 e. The number of hydrogen-bond acceptors (Lipinski definition) is 3. The number of aryl methyl sites for hydroxylation is 1. The van der Waals surface area contributed by atoms with Crippen molar-refractivity contribution in [3.63, 3.8) is 0 Å². The van der Waals surface area contributed by atoms with Gasteiger partial charge in [-0.15, -0.1) is 0 Å². The molecule has 0 bridgehead atoms. The number of rotatable bonds is 7. The van der Waals surface area contributed by atoms with Gasteiger partial charge in [-0.05, 0) is 50.6 Å². The highest BCUT2D eigenvalue weighted by Crippen LogP contribution is 2.18. The third kappa shape index (κ3) is 5.66.